The third kappa shape index (κ3) is 3.73. The molecular weight excluding hydrogens is 329 g/mol. The van der Waals surface area contributed by atoms with Gasteiger partial charge in [-0.05, 0) is 18.2 Å². The molecule has 9 heteroatoms. The molecule has 0 bridgehead atoms. The highest BCUT2D eigenvalue weighted by atomic mass is 19.3. The molecule has 1 aromatic heterocycles. The van der Waals surface area contributed by atoms with Crippen molar-refractivity contribution in [3.05, 3.63) is 52.6 Å². The molecule has 0 aliphatic carbocycles. The molecule has 0 aliphatic rings. The summed E-state index contributed by atoms with van der Waals surface area (Å²) >= 11 is 0. The molecule has 1 N–H and O–H groups in total. The molecule has 0 amide bonds. The van der Waals surface area contributed by atoms with Gasteiger partial charge in [0, 0.05) is 13.5 Å². The van der Waals surface area contributed by atoms with Crippen LogP contribution in [0.5, 0.6) is 0 Å². The number of rotatable bonds is 6. The second kappa shape index (κ2) is 7.16. The highest BCUT2D eigenvalue weighted by Gasteiger charge is 2.27. The first-order valence-electron chi connectivity index (χ1n) is 6.81. The van der Waals surface area contributed by atoms with Crippen molar-refractivity contribution in [3.63, 3.8) is 0 Å². The van der Waals surface area contributed by atoms with E-state index in [4.69, 9.17) is 9.84 Å². The van der Waals surface area contributed by atoms with Gasteiger partial charge >= 0.3 is 11.9 Å². The van der Waals surface area contributed by atoms with Crippen LogP contribution >= 0.6 is 0 Å². The van der Waals surface area contributed by atoms with E-state index in [-0.39, 0.29) is 24.3 Å². The predicted octanol–water partition coefficient (Wildman–Crippen LogP) is 2.59. The predicted molar refractivity (Wildman–Crippen MR) is 75.5 cm³/mol. The fourth-order valence-corrected chi connectivity index (χ4v) is 2.19. The van der Waals surface area contributed by atoms with E-state index in [2.05, 4.69) is 5.10 Å². The van der Waals surface area contributed by atoms with Crippen LogP contribution in [0.2, 0.25) is 0 Å². The van der Waals surface area contributed by atoms with E-state index >= 15 is 0 Å². The first-order valence-corrected chi connectivity index (χ1v) is 6.81. The number of aromatic carboxylic acids is 1. The average Bonchev–Trinajstić information content (AvgIpc) is 2.84. The fourth-order valence-electron chi connectivity index (χ4n) is 2.19. The van der Waals surface area contributed by atoms with Crippen molar-refractivity contribution >= 4 is 11.9 Å². The summed E-state index contributed by atoms with van der Waals surface area (Å²) in [6.45, 7) is -0.266. The number of nitrogens with zero attached hydrogens (tertiary/aromatic N) is 2. The Labute approximate surface area is 134 Å². The van der Waals surface area contributed by atoms with Gasteiger partial charge in [0.2, 0.25) is 0 Å². The number of halogens is 3. The van der Waals surface area contributed by atoms with Crippen molar-refractivity contribution in [2.24, 2.45) is 7.05 Å². The molecule has 0 saturated heterocycles. The van der Waals surface area contributed by atoms with E-state index in [1.807, 2.05) is 0 Å². The summed E-state index contributed by atoms with van der Waals surface area (Å²) in [6, 6.07) is 4.85. The van der Waals surface area contributed by atoms with E-state index < -0.39 is 35.4 Å². The van der Waals surface area contributed by atoms with Crippen LogP contribution in [0.3, 0.4) is 0 Å². The number of carboxylic acid groups (broad SMARTS) is 1. The molecule has 0 spiro atoms. The summed E-state index contributed by atoms with van der Waals surface area (Å²) in [6.07, 6.45) is -3.16. The second-order valence-corrected chi connectivity index (χ2v) is 4.83. The largest absolute Gasteiger partial charge is 0.478 e. The third-order valence-corrected chi connectivity index (χ3v) is 3.25. The van der Waals surface area contributed by atoms with Crippen LogP contribution in [-0.2, 0) is 18.2 Å². The molecule has 0 aliphatic heterocycles. The second-order valence-electron chi connectivity index (χ2n) is 4.83. The zero-order valence-electron chi connectivity index (χ0n) is 12.5. The number of hydrogen-bond donors (Lipinski definition) is 1. The number of carboxylic acids is 1. The fraction of sp³-hybridized carbons (Fsp3) is 0.267. The first kappa shape index (κ1) is 17.5. The quantitative estimate of drug-likeness (QED) is 0.816. The number of esters is 1. The normalized spacial score (nSPS) is 10.9. The molecule has 2 aromatic rings. The Balaban J connectivity index is 2.10. The molecule has 0 atom stereocenters. The molecule has 6 nitrogen and oxygen atoms in total. The van der Waals surface area contributed by atoms with Crippen molar-refractivity contribution < 1.29 is 32.6 Å². The van der Waals surface area contributed by atoms with Crippen LogP contribution in [0.4, 0.5) is 13.2 Å². The monoisotopic (exact) mass is 342 g/mol. The van der Waals surface area contributed by atoms with Crippen molar-refractivity contribution in [1.29, 1.82) is 0 Å². The Morgan fingerprint density at radius 1 is 1.38 bits per heavy atom. The molecule has 0 fully saturated rings. The first-order chi connectivity index (χ1) is 11.3. The molecule has 24 heavy (non-hydrogen) atoms. The topological polar surface area (TPSA) is 81.4 Å². The number of benzene rings is 1. The van der Waals surface area contributed by atoms with Crippen molar-refractivity contribution in [1.82, 2.24) is 9.78 Å². The van der Waals surface area contributed by atoms with E-state index in [9.17, 15) is 22.8 Å². The molecular formula is C15H13F3N2O4. The maximum absolute atomic E-state index is 13.0. The Morgan fingerprint density at radius 2 is 2.08 bits per heavy atom. The number of carbonyl (C=O) groups excluding carboxylic acids is 1. The Kier molecular flexibility index (Phi) is 5.22. The lowest BCUT2D eigenvalue weighted by Crippen LogP contribution is -2.12. The standard InChI is InChI=1S/C15H13F3N2O4/c1-20-10(11(14(21)22)12(19-20)13(17)18)5-6-24-15(23)8-3-2-4-9(16)7-8/h2-4,7,13H,5-6H2,1H3,(H,21,22). The van der Waals surface area contributed by atoms with E-state index in [0.717, 1.165) is 16.8 Å². The van der Waals surface area contributed by atoms with Gasteiger partial charge in [-0.3, -0.25) is 4.68 Å². The molecule has 128 valence electrons. The molecule has 0 radical (unpaired) electrons. The van der Waals surface area contributed by atoms with Gasteiger partial charge in [0.15, 0.2) is 0 Å². The van der Waals surface area contributed by atoms with Crippen LogP contribution < -0.4 is 0 Å². The summed E-state index contributed by atoms with van der Waals surface area (Å²) in [5.41, 5.74) is -1.44. The van der Waals surface area contributed by atoms with Crippen LogP contribution in [0.25, 0.3) is 0 Å². The Morgan fingerprint density at radius 3 is 2.67 bits per heavy atom. The number of aromatic nitrogens is 2. The van der Waals surface area contributed by atoms with E-state index in [1.54, 1.807) is 0 Å². The number of alkyl halides is 2. The molecule has 0 unspecified atom stereocenters. The summed E-state index contributed by atoms with van der Waals surface area (Å²) < 4.78 is 44.6. The van der Waals surface area contributed by atoms with Crippen LogP contribution in [-0.4, -0.2) is 33.4 Å². The van der Waals surface area contributed by atoms with Crippen LogP contribution in [0.1, 0.15) is 38.5 Å². The van der Waals surface area contributed by atoms with Crippen molar-refractivity contribution in [3.8, 4) is 0 Å². The maximum Gasteiger partial charge on any atom is 0.339 e. The summed E-state index contributed by atoms with van der Waals surface area (Å²) in [5, 5.41) is 12.6. The Hall–Kier alpha value is -2.84. The van der Waals surface area contributed by atoms with Gasteiger partial charge in [-0.15, -0.1) is 0 Å². The zero-order valence-corrected chi connectivity index (χ0v) is 12.5. The molecule has 1 heterocycles. The SMILES string of the molecule is Cn1nc(C(F)F)c(C(=O)O)c1CCOC(=O)c1cccc(F)c1. The van der Waals surface area contributed by atoms with Gasteiger partial charge in [-0.25, -0.2) is 22.8 Å². The maximum atomic E-state index is 13.0. The van der Waals surface area contributed by atoms with Gasteiger partial charge in [0.05, 0.1) is 17.9 Å². The summed E-state index contributed by atoms with van der Waals surface area (Å²) in [7, 11) is 1.32. The minimum atomic E-state index is -3.04. The van der Waals surface area contributed by atoms with Gasteiger partial charge in [0.25, 0.3) is 6.43 Å². The minimum Gasteiger partial charge on any atom is -0.478 e. The van der Waals surface area contributed by atoms with Crippen molar-refractivity contribution in [2.45, 2.75) is 12.8 Å². The number of ether oxygens (including phenoxy) is 1. The van der Waals surface area contributed by atoms with E-state index in [0.29, 0.717) is 0 Å². The minimum absolute atomic E-state index is 0.00448. The molecule has 1 aromatic carbocycles. The number of aryl methyl sites for hydroxylation is 1. The van der Waals surface area contributed by atoms with Gasteiger partial charge in [0.1, 0.15) is 17.1 Å². The Bertz CT molecular complexity index is 774. The zero-order chi connectivity index (χ0) is 17.9. The lowest BCUT2D eigenvalue weighted by atomic mass is 10.1. The van der Waals surface area contributed by atoms with E-state index in [1.165, 1.54) is 19.2 Å². The molecule has 0 saturated carbocycles. The summed E-state index contributed by atoms with van der Waals surface area (Å²) in [4.78, 5) is 22.9. The average molecular weight is 342 g/mol. The third-order valence-electron chi connectivity index (χ3n) is 3.25. The number of hydrogen-bond acceptors (Lipinski definition) is 4. The van der Waals surface area contributed by atoms with Crippen LogP contribution in [0.15, 0.2) is 24.3 Å². The van der Waals surface area contributed by atoms with Gasteiger partial charge in [-0.1, -0.05) is 6.07 Å². The summed E-state index contributed by atoms with van der Waals surface area (Å²) in [5.74, 6) is -2.95. The highest BCUT2D eigenvalue weighted by molar-refractivity contribution is 5.91. The van der Waals surface area contributed by atoms with Crippen LogP contribution in [0, 0.1) is 5.82 Å². The van der Waals surface area contributed by atoms with Gasteiger partial charge < -0.3 is 9.84 Å². The highest BCUT2D eigenvalue weighted by Crippen LogP contribution is 2.24. The number of carbonyl (C=O) groups is 2. The smallest absolute Gasteiger partial charge is 0.339 e. The lowest BCUT2D eigenvalue weighted by Gasteiger charge is -2.06. The van der Waals surface area contributed by atoms with Gasteiger partial charge in [-0.2, -0.15) is 5.10 Å². The van der Waals surface area contributed by atoms with Crippen molar-refractivity contribution in [2.75, 3.05) is 6.61 Å². The molecule has 2 rings (SSSR count). The lowest BCUT2D eigenvalue weighted by molar-refractivity contribution is 0.0507.